The lowest BCUT2D eigenvalue weighted by Crippen LogP contribution is -2.26. The van der Waals surface area contributed by atoms with Crippen molar-refractivity contribution in [1.82, 2.24) is 9.97 Å². The average molecular weight is 286 g/mol. The molecule has 0 N–H and O–H groups in total. The van der Waals surface area contributed by atoms with Crippen molar-refractivity contribution in [3.05, 3.63) is 46.4 Å². The highest BCUT2D eigenvalue weighted by Crippen LogP contribution is 2.37. The molecule has 1 aromatic heterocycles. The van der Waals surface area contributed by atoms with E-state index in [4.69, 9.17) is 11.6 Å². The van der Waals surface area contributed by atoms with E-state index in [-0.39, 0.29) is 0 Å². The maximum absolute atomic E-state index is 6.13. The van der Waals surface area contributed by atoms with E-state index in [0.29, 0.717) is 5.28 Å². The van der Waals surface area contributed by atoms with Crippen LogP contribution < -0.4 is 4.90 Å². The van der Waals surface area contributed by atoms with Gasteiger partial charge in [-0.3, -0.25) is 0 Å². The van der Waals surface area contributed by atoms with Crippen molar-refractivity contribution in [3.8, 4) is 0 Å². The Kier molecular flexibility index (Phi) is 2.88. The highest BCUT2D eigenvalue weighted by Gasteiger charge is 2.26. The minimum atomic E-state index is 0.378. The lowest BCUT2D eigenvalue weighted by Gasteiger charge is -2.31. The summed E-state index contributed by atoms with van der Waals surface area (Å²) in [7, 11) is 0. The molecule has 0 saturated carbocycles. The minimum absolute atomic E-state index is 0.378. The number of aromatic nitrogens is 2. The molecule has 1 aliphatic heterocycles. The Morgan fingerprint density at radius 1 is 1.00 bits per heavy atom. The number of hydrogen-bond acceptors (Lipinski definition) is 3. The van der Waals surface area contributed by atoms with Gasteiger partial charge in [0.15, 0.2) is 0 Å². The van der Waals surface area contributed by atoms with Crippen LogP contribution in [0.3, 0.4) is 0 Å². The number of nitrogens with zero attached hydrogens (tertiary/aromatic N) is 3. The molecule has 1 aromatic carbocycles. The van der Waals surface area contributed by atoms with E-state index in [2.05, 4.69) is 39.1 Å². The van der Waals surface area contributed by atoms with Crippen LogP contribution in [0.5, 0.6) is 0 Å². The highest BCUT2D eigenvalue weighted by molar-refractivity contribution is 6.28. The van der Waals surface area contributed by atoms with E-state index in [1.807, 2.05) is 0 Å². The Morgan fingerprint density at radius 3 is 2.85 bits per heavy atom. The number of aryl methyl sites for hydroxylation is 2. The molecule has 4 rings (SSSR count). The summed E-state index contributed by atoms with van der Waals surface area (Å²) in [5, 5.41) is 0.378. The topological polar surface area (TPSA) is 29.0 Å². The molecule has 0 bridgehead atoms. The molecule has 4 heteroatoms. The number of fused-ring (bicyclic) bond motifs is 2. The van der Waals surface area contributed by atoms with Crippen molar-refractivity contribution in [1.29, 1.82) is 0 Å². The van der Waals surface area contributed by atoms with E-state index >= 15 is 0 Å². The molecule has 0 saturated heterocycles. The molecule has 20 heavy (non-hydrogen) atoms. The van der Waals surface area contributed by atoms with Gasteiger partial charge in [0.25, 0.3) is 0 Å². The molecule has 0 spiro atoms. The van der Waals surface area contributed by atoms with Crippen molar-refractivity contribution in [2.24, 2.45) is 0 Å². The molecular formula is C16H16ClN3. The maximum Gasteiger partial charge on any atom is 0.224 e. The summed E-state index contributed by atoms with van der Waals surface area (Å²) >= 11 is 6.13. The third kappa shape index (κ3) is 1.88. The van der Waals surface area contributed by atoms with E-state index in [0.717, 1.165) is 50.2 Å². The molecular weight excluding hydrogens is 270 g/mol. The third-order valence-corrected chi connectivity index (χ3v) is 4.42. The monoisotopic (exact) mass is 285 g/mol. The van der Waals surface area contributed by atoms with Gasteiger partial charge < -0.3 is 4.90 Å². The number of benzene rings is 1. The van der Waals surface area contributed by atoms with Gasteiger partial charge in [-0.2, -0.15) is 4.98 Å². The smallest absolute Gasteiger partial charge is 0.224 e. The van der Waals surface area contributed by atoms with Crippen LogP contribution in [0.25, 0.3) is 0 Å². The normalized spacial score (nSPS) is 16.9. The van der Waals surface area contributed by atoms with Crippen LogP contribution in [0, 0.1) is 0 Å². The third-order valence-electron chi connectivity index (χ3n) is 4.25. The Labute approximate surface area is 123 Å². The van der Waals surface area contributed by atoms with Crippen LogP contribution in [0.15, 0.2) is 24.3 Å². The first-order valence-corrected chi connectivity index (χ1v) is 7.61. The van der Waals surface area contributed by atoms with Crippen molar-refractivity contribution < 1.29 is 0 Å². The zero-order valence-electron chi connectivity index (χ0n) is 11.3. The summed E-state index contributed by atoms with van der Waals surface area (Å²) in [5.74, 6) is 1.03. The Balaban J connectivity index is 1.87. The number of para-hydroxylation sites is 1. The predicted octanol–water partition coefficient (Wildman–Crippen LogP) is 3.70. The molecule has 0 atom stereocenters. The van der Waals surface area contributed by atoms with Gasteiger partial charge in [0.1, 0.15) is 5.82 Å². The van der Waals surface area contributed by atoms with E-state index in [9.17, 15) is 0 Å². The molecule has 0 unspecified atom stereocenters. The first-order chi connectivity index (χ1) is 9.83. The van der Waals surface area contributed by atoms with E-state index < -0.39 is 0 Å². The minimum Gasteiger partial charge on any atom is -0.326 e. The van der Waals surface area contributed by atoms with Crippen LogP contribution in [-0.2, 0) is 19.3 Å². The second-order valence-electron chi connectivity index (χ2n) is 5.48. The predicted molar refractivity (Wildman–Crippen MR) is 80.8 cm³/mol. The van der Waals surface area contributed by atoms with Gasteiger partial charge in [-0.1, -0.05) is 18.2 Å². The number of hydrogen-bond donors (Lipinski definition) is 0. The van der Waals surface area contributed by atoms with Crippen LogP contribution in [0.1, 0.15) is 29.7 Å². The van der Waals surface area contributed by atoms with Gasteiger partial charge in [0, 0.05) is 17.8 Å². The van der Waals surface area contributed by atoms with Gasteiger partial charge >= 0.3 is 0 Å². The van der Waals surface area contributed by atoms with E-state index in [1.165, 1.54) is 16.8 Å². The number of anilines is 2. The van der Waals surface area contributed by atoms with Gasteiger partial charge in [0.2, 0.25) is 5.28 Å². The molecule has 2 aromatic rings. The zero-order chi connectivity index (χ0) is 13.5. The SMILES string of the molecule is Clc1nc2c(c(N3CCCc4ccccc43)n1)CCC2. The number of halogens is 1. The van der Waals surface area contributed by atoms with E-state index in [1.54, 1.807) is 0 Å². The fraction of sp³-hybridized carbons (Fsp3) is 0.375. The summed E-state index contributed by atoms with van der Waals surface area (Å²) in [6.45, 7) is 1.01. The van der Waals surface area contributed by atoms with Crippen molar-refractivity contribution >= 4 is 23.1 Å². The van der Waals surface area contributed by atoms with Crippen LogP contribution in [-0.4, -0.2) is 16.5 Å². The first-order valence-electron chi connectivity index (χ1n) is 7.23. The molecule has 2 heterocycles. The summed E-state index contributed by atoms with van der Waals surface area (Å²) < 4.78 is 0. The van der Waals surface area contributed by atoms with Crippen LogP contribution >= 0.6 is 11.6 Å². The lowest BCUT2D eigenvalue weighted by molar-refractivity contribution is 0.754. The van der Waals surface area contributed by atoms with Crippen molar-refractivity contribution in [2.75, 3.05) is 11.4 Å². The summed E-state index contributed by atoms with van der Waals surface area (Å²) in [6.07, 6.45) is 5.56. The van der Waals surface area contributed by atoms with Gasteiger partial charge in [0.05, 0.1) is 5.69 Å². The van der Waals surface area contributed by atoms with Crippen molar-refractivity contribution in [2.45, 2.75) is 32.1 Å². The standard InChI is InChI=1S/C16H16ClN3/c17-16-18-13-8-3-7-12(13)15(19-16)20-10-4-6-11-5-1-2-9-14(11)20/h1-2,5,9H,3-4,6-8,10H2. The Morgan fingerprint density at radius 2 is 1.90 bits per heavy atom. The quantitative estimate of drug-likeness (QED) is 0.748. The maximum atomic E-state index is 6.13. The highest BCUT2D eigenvalue weighted by atomic mass is 35.5. The molecule has 0 fully saturated rings. The molecule has 0 amide bonds. The van der Waals surface area contributed by atoms with Gasteiger partial charge in [-0.15, -0.1) is 0 Å². The second kappa shape index (κ2) is 4.74. The fourth-order valence-electron chi connectivity index (χ4n) is 3.36. The van der Waals surface area contributed by atoms with Gasteiger partial charge in [-0.25, -0.2) is 4.98 Å². The van der Waals surface area contributed by atoms with Crippen LogP contribution in [0.2, 0.25) is 5.28 Å². The Hall–Kier alpha value is -1.61. The Bertz CT molecular complexity index is 669. The summed E-state index contributed by atoms with van der Waals surface area (Å²) in [6, 6.07) is 8.61. The summed E-state index contributed by atoms with van der Waals surface area (Å²) in [5.41, 5.74) is 5.12. The fourth-order valence-corrected chi connectivity index (χ4v) is 3.54. The van der Waals surface area contributed by atoms with Gasteiger partial charge in [-0.05, 0) is 55.3 Å². The summed E-state index contributed by atoms with van der Waals surface area (Å²) in [4.78, 5) is 11.3. The second-order valence-corrected chi connectivity index (χ2v) is 5.82. The molecule has 1 aliphatic carbocycles. The average Bonchev–Trinajstić information content (AvgIpc) is 2.94. The zero-order valence-corrected chi connectivity index (χ0v) is 12.0. The number of rotatable bonds is 1. The largest absolute Gasteiger partial charge is 0.326 e. The van der Waals surface area contributed by atoms with Crippen LogP contribution in [0.4, 0.5) is 11.5 Å². The van der Waals surface area contributed by atoms with Crippen molar-refractivity contribution in [3.63, 3.8) is 0 Å². The molecule has 3 nitrogen and oxygen atoms in total. The first kappa shape index (κ1) is 12.2. The molecule has 2 aliphatic rings. The lowest BCUT2D eigenvalue weighted by atomic mass is 10.0. The molecule has 0 radical (unpaired) electrons. The molecule has 102 valence electrons.